The number of rotatable bonds is 9. The van der Waals surface area contributed by atoms with Crippen LogP contribution in [0.5, 0.6) is 0 Å². The van der Waals surface area contributed by atoms with Gasteiger partial charge in [0.05, 0.1) is 12.1 Å². The maximum absolute atomic E-state index is 10.1. The summed E-state index contributed by atoms with van der Waals surface area (Å²) in [5.74, 6) is 3.08. The summed E-state index contributed by atoms with van der Waals surface area (Å²) >= 11 is 2.00. The number of aliphatic hydroxyl groups is 1. The second kappa shape index (κ2) is 8.82. The van der Waals surface area contributed by atoms with Crippen LogP contribution in [0, 0.1) is 5.92 Å². The monoisotopic (exact) mass is 307 g/mol. The minimum Gasteiger partial charge on any atom is -0.394 e. The molecule has 1 aliphatic rings. The fourth-order valence-corrected chi connectivity index (χ4v) is 4.62. The zero-order chi connectivity index (χ0) is 15.0. The predicted octanol–water partition coefficient (Wildman–Crippen LogP) is 3.80. The van der Waals surface area contributed by atoms with Crippen LogP contribution in [-0.2, 0) is 5.54 Å². The molecule has 0 spiro atoms. The molecule has 0 amide bonds. The van der Waals surface area contributed by atoms with Gasteiger partial charge in [-0.1, -0.05) is 50.1 Å². The summed E-state index contributed by atoms with van der Waals surface area (Å²) in [6.07, 6.45) is 6.69. The summed E-state index contributed by atoms with van der Waals surface area (Å²) in [6.45, 7) is 3.28. The highest BCUT2D eigenvalue weighted by molar-refractivity contribution is 7.99. The van der Waals surface area contributed by atoms with Crippen molar-refractivity contribution in [3.63, 3.8) is 0 Å². The van der Waals surface area contributed by atoms with Gasteiger partial charge in [0, 0.05) is 5.75 Å². The van der Waals surface area contributed by atoms with Crippen LogP contribution >= 0.6 is 11.8 Å². The van der Waals surface area contributed by atoms with Crippen LogP contribution in [0.3, 0.4) is 0 Å². The van der Waals surface area contributed by atoms with Crippen LogP contribution in [0.4, 0.5) is 0 Å². The lowest BCUT2D eigenvalue weighted by Gasteiger charge is -2.34. The highest BCUT2D eigenvalue weighted by Crippen LogP contribution is 2.31. The van der Waals surface area contributed by atoms with Crippen LogP contribution in [0.15, 0.2) is 30.3 Å². The second-order valence-electron chi connectivity index (χ2n) is 6.20. The van der Waals surface area contributed by atoms with Crippen molar-refractivity contribution in [3.8, 4) is 0 Å². The summed E-state index contributed by atoms with van der Waals surface area (Å²) in [4.78, 5) is 0. The fraction of sp³-hybridized carbons (Fsp3) is 0.667. The van der Waals surface area contributed by atoms with Gasteiger partial charge in [0.25, 0.3) is 0 Å². The van der Waals surface area contributed by atoms with Crippen molar-refractivity contribution in [1.29, 1.82) is 0 Å². The Bertz CT molecular complexity index is 391. The van der Waals surface area contributed by atoms with Crippen molar-refractivity contribution in [2.45, 2.75) is 44.6 Å². The van der Waals surface area contributed by atoms with E-state index in [1.165, 1.54) is 37.0 Å². The Morgan fingerprint density at radius 1 is 1.24 bits per heavy atom. The number of thioether (sulfide) groups is 1. The Balaban J connectivity index is 1.99. The number of hydrogen-bond acceptors (Lipinski definition) is 3. The molecular weight excluding hydrogens is 278 g/mol. The summed E-state index contributed by atoms with van der Waals surface area (Å²) in [5, 5.41) is 13.7. The molecule has 0 aromatic heterocycles. The van der Waals surface area contributed by atoms with Crippen LogP contribution < -0.4 is 5.32 Å². The maximum Gasteiger partial charge on any atom is 0.0760 e. The largest absolute Gasteiger partial charge is 0.394 e. The highest BCUT2D eigenvalue weighted by atomic mass is 32.2. The molecule has 0 heterocycles. The van der Waals surface area contributed by atoms with Crippen molar-refractivity contribution < 1.29 is 5.11 Å². The van der Waals surface area contributed by atoms with Crippen molar-refractivity contribution in [3.05, 3.63) is 35.9 Å². The quantitative estimate of drug-likeness (QED) is 0.728. The zero-order valence-electron chi connectivity index (χ0n) is 13.2. The minimum atomic E-state index is -0.291. The van der Waals surface area contributed by atoms with Gasteiger partial charge in [-0.3, -0.25) is 0 Å². The molecule has 1 unspecified atom stereocenters. The highest BCUT2D eigenvalue weighted by Gasteiger charge is 2.31. The van der Waals surface area contributed by atoms with Crippen molar-refractivity contribution in [2.75, 3.05) is 24.7 Å². The van der Waals surface area contributed by atoms with Crippen molar-refractivity contribution in [2.24, 2.45) is 5.92 Å². The van der Waals surface area contributed by atoms with Gasteiger partial charge in [0.1, 0.15) is 0 Å². The lowest BCUT2D eigenvalue weighted by atomic mass is 9.92. The normalized spacial score (nSPS) is 18.8. The lowest BCUT2D eigenvalue weighted by Crippen LogP contribution is -2.48. The molecule has 2 N–H and O–H groups in total. The van der Waals surface area contributed by atoms with E-state index in [1.54, 1.807) is 0 Å². The van der Waals surface area contributed by atoms with Crippen molar-refractivity contribution >= 4 is 11.8 Å². The Kier molecular flexibility index (Phi) is 7.08. The lowest BCUT2D eigenvalue weighted by molar-refractivity contribution is 0.179. The van der Waals surface area contributed by atoms with Gasteiger partial charge < -0.3 is 10.4 Å². The Hall–Kier alpha value is -0.510. The summed E-state index contributed by atoms with van der Waals surface area (Å²) < 4.78 is 0. The number of hydrogen-bond donors (Lipinski definition) is 2. The van der Waals surface area contributed by atoms with E-state index in [0.29, 0.717) is 0 Å². The third-order valence-corrected chi connectivity index (χ3v) is 5.89. The first-order chi connectivity index (χ1) is 10.3. The van der Waals surface area contributed by atoms with Gasteiger partial charge in [-0.15, -0.1) is 0 Å². The third-order valence-electron chi connectivity index (χ3n) is 4.49. The second-order valence-corrected chi connectivity index (χ2v) is 7.23. The minimum absolute atomic E-state index is 0.161. The number of benzene rings is 1. The van der Waals surface area contributed by atoms with Gasteiger partial charge in [-0.25, -0.2) is 0 Å². The molecule has 0 radical (unpaired) electrons. The van der Waals surface area contributed by atoms with E-state index in [1.807, 2.05) is 17.8 Å². The van der Waals surface area contributed by atoms with Crippen molar-refractivity contribution in [1.82, 2.24) is 5.32 Å². The van der Waals surface area contributed by atoms with E-state index in [2.05, 4.69) is 36.5 Å². The number of aliphatic hydroxyl groups excluding tert-OH is 1. The first-order valence-electron chi connectivity index (χ1n) is 8.30. The first kappa shape index (κ1) is 16.9. The summed E-state index contributed by atoms with van der Waals surface area (Å²) in [7, 11) is 0. The van der Waals surface area contributed by atoms with E-state index < -0.39 is 0 Å². The fourth-order valence-electron chi connectivity index (χ4n) is 3.13. The molecule has 3 heteroatoms. The van der Waals surface area contributed by atoms with Gasteiger partial charge >= 0.3 is 0 Å². The van der Waals surface area contributed by atoms with Gasteiger partial charge in [-0.2, -0.15) is 11.8 Å². The third kappa shape index (κ3) is 4.73. The summed E-state index contributed by atoms with van der Waals surface area (Å²) in [5.41, 5.74) is 0.917. The average Bonchev–Trinajstić information content (AvgIpc) is 3.05. The molecular formula is C18H29NOS. The smallest absolute Gasteiger partial charge is 0.0760 e. The molecule has 2 nitrogen and oxygen atoms in total. The molecule has 0 bridgehead atoms. The molecule has 0 aliphatic heterocycles. The molecule has 118 valence electrons. The Morgan fingerprint density at radius 2 is 1.95 bits per heavy atom. The Morgan fingerprint density at radius 3 is 2.57 bits per heavy atom. The first-order valence-corrected chi connectivity index (χ1v) is 9.45. The number of nitrogens with one attached hydrogen (secondary N) is 1. The van der Waals surface area contributed by atoms with E-state index in [-0.39, 0.29) is 12.1 Å². The standard InChI is InChI=1S/C18H29NOS/c1-2-12-19-18(14-20,17-10-4-3-5-11-17)15-21-13-16-8-6-7-9-16/h3-5,10-11,16,19-20H,2,6-9,12-15H2,1H3. The van der Waals surface area contributed by atoms with Gasteiger partial charge in [0.15, 0.2) is 0 Å². The molecule has 2 rings (SSSR count). The molecule has 1 saturated carbocycles. The van der Waals surface area contributed by atoms with E-state index >= 15 is 0 Å². The summed E-state index contributed by atoms with van der Waals surface area (Å²) in [6, 6.07) is 10.4. The van der Waals surface area contributed by atoms with Crippen LogP contribution in [0.2, 0.25) is 0 Å². The molecule has 1 aliphatic carbocycles. The molecule has 1 atom stereocenters. The SMILES string of the molecule is CCCNC(CO)(CSCC1CCCC1)c1ccccc1. The Labute approximate surface area is 133 Å². The van der Waals surface area contributed by atoms with E-state index in [9.17, 15) is 5.11 Å². The van der Waals surface area contributed by atoms with Crippen LogP contribution in [0.25, 0.3) is 0 Å². The molecule has 1 aromatic rings. The van der Waals surface area contributed by atoms with Gasteiger partial charge in [-0.05, 0) is 43.0 Å². The van der Waals surface area contributed by atoms with Crippen LogP contribution in [0.1, 0.15) is 44.6 Å². The molecule has 0 saturated heterocycles. The maximum atomic E-state index is 10.1. The van der Waals surface area contributed by atoms with E-state index in [4.69, 9.17) is 0 Å². The molecule has 21 heavy (non-hydrogen) atoms. The topological polar surface area (TPSA) is 32.3 Å². The predicted molar refractivity (Wildman–Crippen MR) is 92.8 cm³/mol. The molecule has 1 aromatic carbocycles. The zero-order valence-corrected chi connectivity index (χ0v) is 14.0. The van der Waals surface area contributed by atoms with Crippen LogP contribution in [-0.4, -0.2) is 29.8 Å². The average molecular weight is 308 g/mol. The van der Waals surface area contributed by atoms with Gasteiger partial charge in [0.2, 0.25) is 0 Å². The van der Waals surface area contributed by atoms with E-state index in [0.717, 1.165) is 24.6 Å². The molecule has 1 fully saturated rings.